The Hall–Kier alpha value is -3.97. The first-order valence-electron chi connectivity index (χ1n) is 12.9. The van der Waals surface area contributed by atoms with Crippen LogP contribution in [0.1, 0.15) is 45.8 Å². The maximum absolute atomic E-state index is 13.4. The standard InChI is InChI=1S/C30H31N5O2/c1-3-20-5-8-21(9-6-20)22-10-12-34(13-11-22)30(37)23-7-4-19(2)25(14-23)29-32-26-15-28(31-16-27(26)33-29)35-17-24(36)18-35/h3-9,14-16,22,24,36H,1,10-13,17-18H2,2H3,(H,32,33). The van der Waals surface area contributed by atoms with Gasteiger partial charge in [0.1, 0.15) is 11.6 Å². The van der Waals surface area contributed by atoms with Crippen molar-refractivity contribution in [2.75, 3.05) is 31.1 Å². The van der Waals surface area contributed by atoms with Crippen molar-refractivity contribution in [3.05, 3.63) is 83.6 Å². The summed E-state index contributed by atoms with van der Waals surface area (Å²) in [4.78, 5) is 30.1. The molecule has 0 atom stereocenters. The SMILES string of the molecule is C=Cc1ccc(C2CCN(C(=O)c3ccc(C)c(-c4nc5cc(N6CC(O)C6)ncc5[nH]4)c3)CC2)cc1. The monoisotopic (exact) mass is 493 g/mol. The average molecular weight is 494 g/mol. The largest absolute Gasteiger partial charge is 0.389 e. The molecule has 1 amide bonds. The molecule has 37 heavy (non-hydrogen) atoms. The van der Waals surface area contributed by atoms with E-state index in [-0.39, 0.29) is 12.0 Å². The van der Waals surface area contributed by atoms with Gasteiger partial charge in [0.25, 0.3) is 5.91 Å². The Labute approximate surface area is 216 Å². The Bertz CT molecular complexity index is 1460. The Kier molecular flexibility index (Phi) is 6.00. The fourth-order valence-corrected chi connectivity index (χ4v) is 5.35. The molecule has 2 N–H and O–H groups in total. The fraction of sp³-hybridized carbons (Fsp3) is 0.300. The molecule has 2 aliphatic heterocycles. The number of anilines is 1. The van der Waals surface area contributed by atoms with Crippen LogP contribution in [0.2, 0.25) is 0 Å². The molecule has 2 aromatic heterocycles. The number of nitrogens with zero attached hydrogens (tertiary/aromatic N) is 4. The molecule has 0 unspecified atom stereocenters. The highest BCUT2D eigenvalue weighted by molar-refractivity contribution is 5.96. The number of hydrogen-bond acceptors (Lipinski definition) is 5. The van der Waals surface area contributed by atoms with Gasteiger partial charge in [-0.25, -0.2) is 9.97 Å². The summed E-state index contributed by atoms with van der Waals surface area (Å²) in [6, 6.07) is 16.4. The number of pyridine rings is 1. The van der Waals surface area contributed by atoms with Gasteiger partial charge >= 0.3 is 0 Å². The first kappa shape index (κ1) is 23.4. The molecule has 6 rings (SSSR count). The van der Waals surface area contributed by atoms with Crippen LogP contribution in [-0.2, 0) is 0 Å². The molecule has 2 aromatic carbocycles. The van der Waals surface area contributed by atoms with Crippen LogP contribution in [0.4, 0.5) is 5.82 Å². The van der Waals surface area contributed by atoms with Gasteiger partial charge in [0.2, 0.25) is 0 Å². The second kappa shape index (κ2) is 9.48. The number of carbonyl (C=O) groups is 1. The minimum atomic E-state index is -0.287. The third-order valence-electron chi connectivity index (χ3n) is 7.70. The lowest BCUT2D eigenvalue weighted by Gasteiger charge is -2.36. The van der Waals surface area contributed by atoms with Crippen molar-refractivity contribution in [3.63, 3.8) is 0 Å². The van der Waals surface area contributed by atoms with Crippen LogP contribution in [0.25, 0.3) is 28.5 Å². The summed E-state index contributed by atoms with van der Waals surface area (Å²) in [5.41, 5.74) is 6.78. The number of likely N-dealkylation sites (tertiary alicyclic amines) is 1. The van der Waals surface area contributed by atoms with Gasteiger partial charge in [0.15, 0.2) is 0 Å². The van der Waals surface area contributed by atoms with Crippen molar-refractivity contribution >= 4 is 28.8 Å². The van der Waals surface area contributed by atoms with Crippen LogP contribution in [0.3, 0.4) is 0 Å². The highest BCUT2D eigenvalue weighted by Crippen LogP contribution is 2.31. The van der Waals surface area contributed by atoms with Crippen molar-refractivity contribution in [1.82, 2.24) is 19.9 Å². The predicted molar refractivity (Wildman–Crippen MR) is 147 cm³/mol. The number of nitrogens with one attached hydrogen (secondary N) is 1. The summed E-state index contributed by atoms with van der Waals surface area (Å²) in [7, 11) is 0. The molecule has 188 valence electrons. The molecule has 2 fully saturated rings. The number of β-amino-alcohol motifs (C(OH)–C–C–N with tert-alkyl or cyclic N) is 1. The molecule has 0 bridgehead atoms. The molecule has 7 heteroatoms. The number of H-pyrrole nitrogens is 1. The molecule has 0 radical (unpaired) electrons. The Morgan fingerprint density at radius 2 is 1.86 bits per heavy atom. The van der Waals surface area contributed by atoms with E-state index in [0.717, 1.165) is 65.3 Å². The number of aromatic nitrogens is 3. The number of fused-ring (bicyclic) bond motifs is 1. The van der Waals surface area contributed by atoms with E-state index in [1.54, 1.807) is 6.20 Å². The summed E-state index contributed by atoms with van der Waals surface area (Å²) in [6.45, 7) is 8.55. The summed E-state index contributed by atoms with van der Waals surface area (Å²) in [5, 5.41) is 9.60. The lowest BCUT2D eigenvalue weighted by molar-refractivity contribution is 0.0713. The van der Waals surface area contributed by atoms with Crippen LogP contribution in [0.15, 0.2) is 61.3 Å². The van der Waals surface area contributed by atoms with Crippen LogP contribution >= 0.6 is 0 Å². The quantitative estimate of drug-likeness (QED) is 0.418. The molecular formula is C30H31N5O2. The van der Waals surface area contributed by atoms with Crippen molar-refractivity contribution in [1.29, 1.82) is 0 Å². The van der Waals surface area contributed by atoms with E-state index in [4.69, 9.17) is 4.98 Å². The number of aryl methyl sites for hydroxylation is 1. The lowest BCUT2D eigenvalue weighted by Crippen LogP contribution is -2.51. The van der Waals surface area contributed by atoms with E-state index in [2.05, 4.69) is 40.8 Å². The third-order valence-corrected chi connectivity index (χ3v) is 7.70. The normalized spacial score (nSPS) is 16.7. The molecule has 4 aromatic rings. The van der Waals surface area contributed by atoms with Crippen molar-refractivity contribution < 1.29 is 9.90 Å². The molecule has 7 nitrogen and oxygen atoms in total. The summed E-state index contributed by atoms with van der Waals surface area (Å²) in [6.07, 6.45) is 5.28. The number of imidazole rings is 1. The van der Waals surface area contributed by atoms with E-state index < -0.39 is 0 Å². The summed E-state index contributed by atoms with van der Waals surface area (Å²) < 4.78 is 0. The number of piperidine rings is 1. The zero-order valence-electron chi connectivity index (χ0n) is 21.0. The average Bonchev–Trinajstić information content (AvgIpc) is 3.34. The first-order valence-corrected chi connectivity index (χ1v) is 12.9. The second-order valence-electron chi connectivity index (χ2n) is 10.2. The van der Waals surface area contributed by atoms with Gasteiger partial charge in [0, 0.05) is 43.4 Å². The van der Waals surface area contributed by atoms with Gasteiger partial charge in [-0.2, -0.15) is 0 Å². The van der Waals surface area contributed by atoms with Gasteiger partial charge in [-0.3, -0.25) is 4.79 Å². The number of aromatic amines is 1. The molecule has 2 aliphatic rings. The zero-order chi connectivity index (χ0) is 25.5. The third kappa shape index (κ3) is 4.51. The van der Waals surface area contributed by atoms with Crippen molar-refractivity contribution in [2.45, 2.75) is 31.8 Å². The van der Waals surface area contributed by atoms with Gasteiger partial charge in [-0.15, -0.1) is 0 Å². The molecular weight excluding hydrogens is 462 g/mol. The van der Waals surface area contributed by atoms with E-state index in [9.17, 15) is 9.90 Å². The molecule has 0 aliphatic carbocycles. The molecule has 2 saturated heterocycles. The van der Waals surface area contributed by atoms with Crippen LogP contribution < -0.4 is 4.90 Å². The van der Waals surface area contributed by atoms with Crippen LogP contribution in [-0.4, -0.2) is 63.1 Å². The summed E-state index contributed by atoms with van der Waals surface area (Å²) in [5.74, 6) is 2.09. The number of amides is 1. The first-order chi connectivity index (χ1) is 18.0. The van der Waals surface area contributed by atoms with E-state index in [1.807, 2.05) is 47.1 Å². The van der Waals surface area contributed by atoms with E-state index >= 15 is 0 Å². The number of carbonyl (C=O) groups excluding carboxylic acids is 1. The van der Waals surface area contributed by atoms with Crippen molar-refractivity contribution in [2.24, 2.45) is 0 Å². The zero-order valence-corrected chi connectivity index (χ0v) is 21.0. The Morgan fingerprint density at radius 1 is 1.11 bits per heavy atom. The number of aliphatic hydroxyl groups is 1. The maximum Gasteiger partial charge on any atom is 0.253 e. The lowest BCUT2D eigenvalue weighted by atomic mass is 9.88. The molecule has 0 spiro atoms. The van der Waals surface area contributed by atoms with Gasteiger partial charge in [-0.05, 0) is 54.5 Å². The highest BCUT2D eigenvalue weighted by Gasteiger charge is 2.27. The topological polar surface area (TPSA) is 85.3 Å². The number of hydrogen-bond donors (Lipinski definition) is 2. The summed E-state index contributed by atoms with van der Waals surface area (Å²) >= 11 is 0. The molecule has 4 heterocycles. The van der Waals surface area contributed by atoms with Gasteiger partial charge in [-0.1, -0.05) is 43.0 Å². The van der Waals surface area contributed by atoms with Crippen LogP contribution in [0, 0.1) is 6.92 Å². The number of benzene rings is 2. The fourth-order valence-electron chi connectivity index (χ4n) is 5.35. The van der Waals surface area contributed by atoms with Gasteiger partial charge < -0.3 is 19.9 Å². The van der Waals surface area contributed by atoms with E-state index in [0.29, 0.717) is 24.6 Å². The maximum atomic E-state index is 13.4. The highest BCUT2D eigenvalue weighted by atomic mass is 16.3. The number of rotatable bonds is 5. The van der Waals surface area contributed by atoms with E-state index in [1.165, 1.54) is 5.56 Å². The minimum absolute atomic E-state index is 0.0677. The smallest absolute Gasteiger partial charge is 0.253 e. The Balaban J connectivity index is 1.18. The number of aliphatic hydroxyl groups excluding tert-OH is 1. The molecule has 0 saturated carbocycles. The van der Waals surface area contributed by atoms with Crippen molar-refractivity contribution in [3.8, 4) is 11.4 Å². The Morgan fingerprint density at radius 3 is 2.57 bits per heavy atom. The predicted octanol–water partition coefficient (Wildman–Crippen LogP) is 4.78. The second-order valence-corrected chi connectivity index (χ2v) is 10.2. The van der Waals surface area contributed by atoms with Crippen LogP contribution in [0.5, 0.6) is 0 Å². The minimum Gasteiger partial charge on any atom is -0.389 e. The van der Waals surface area contributed by atoms with Gasteiger partial charge in [0.05, 0.1) is 23.3 Å².